The lowest BCUT2D eigenvalue weighted by atomic mass is 10.1. The van der Waals surface area contributed by atoms with Crippen LogP contribution in [0.1, 0.15) is 5.76 Å². The molecule has 8 heteroatoms. The monoisotopic (exact) mass is 408 g/mol. The molecule has 6 nitrogen and oxygen atoms in total. The highest BCUT2D eigenvalue weighted by Crippen LogP contribution is 2.30. The molecule has 0 unspecified atom stereocenters. The van der Waals surface area contributed by atoms with Crippen LogP contribution in [-0.2, 0) is 9.59 Å². The van der Waals surface area contributed by atoms with E-state index in [-0.39, 0.29) is 17.0 Å². The summed E-state index contributed by atoms with van der Waals surface area (Å²) in [6.07, 6.45) is 1.23. The van der Waals surface area contributed by atoms with Crippen LogP contribution in [0.15, 0.2) is 86.7 Å². The highest BCUT2D eigenvalue weighted by Gasteiger charge is 2.38. The average molecular weight is 408 g/mol. The fraction of sp³-hybridized carbons (Fsp3) is 0. The van der Waals surface area contributed by atoms with Crippen LogP contribution < -0.4 is 10.2 Å². The molecule has 1 N–H and O–H groups in total. The molecule has 0 aliphatic carbocycles. The number of para-hydroxylation sites is 1. The molecular formula is C21H13FN2O4S. The van der Waals surface area contributed by atoms with Crippen molar-refractivity contribution in [3.05, 3.63) is 83.9 Å². The number of carbonyl (C=O) groups excluding carboxylic acids is 3. The van der Waals surface area contributed by atoms with Crippen molar-refractivity contribution in [3.63, 3.8) is 0 Å². The first-order valence-corrected chi connectivity index (χ1v) is 9.33. The Morgan fingerprint density at radius 2 is 1.66 bits per heavy atom. The van der Waals surface area contributed by atoms with Crippen molar-refractivity contribution in [2.75, 3.05) is 4.90 Å². The van der Waals surface area contributed by atoms with Crippen molar-refractivity contribution in [3.8, 4) is 0 Å². The number of barbiturate groups is 1. The molecule has 144 valence electrons. The maximum atomic E-state index is 14.1. The van der Waals surface area contributed by atoms with Gasteiger partial charge in [-0.2, -0.15) is 0 Å². The van der Waals surface area contributed by atoms with Crippen LogP contribution in [0, 0.1) is 5.82 Å². The summed E-state index contributed by atoms with van der Waals surface area (Å²) in [7, 11) is 0. The number of amides is 4. The number of urea groups is 1. The van der Waals surface area contributed by atoms with E-state index in [2.05, 4.69) is 0 Å². The van der Waals surface area contributed by atoms with Crippen molar-refractivity contribution in [2.45, 2.75) is 9.99 Å². The minimum absolute atomic E-state index is 0.242. The van der Waals surface area contributed by atoms with Crippen molar-refractivity contribution in [1.82, 2.24) is 5.32 Å². The van der Waals surface area contributed by atoms with Gasteiger partial charge in [0.05, 0.1) is 5.69 Å². The summed E-state index contributed by atoms with van der Waals surface area (Å²) in [5, 5.41) is 2.61. The van der Waals surface area contributed by atoms with Gasteiger partial charge in [-0.3, -0.25) is 14.9 Å². The van der Waals surface area contributed by atoms with Gasteiger partial charge in [0.25, 0.3) is 11.8 Å². The zero-order valence-electron chi connectivity index (χ0n) is 14.8. The SMILES string of the molecule is O=C1NC(=O)N(c2ccccc2F)C(=O)C1=Cc1ccc(Sc2ccccc2)o1. The van der Waals surface area contributed by atoms with E-state index in [0.29, 0.717) is 9.99 Å². The molecule has 3 aromatic rings. The predicted octanol–water partition coefficient (Wildman–Crippen LogP) is 4.24. The summed E-state index contributed by atoms with van der Waals surface area (Å²) < 4.78 is 19.7. The number of rotatable bonds is 4. The van der Waals surface area contributed by atoms with Crippen molar-refractivity contribution >= 4 is 41.4 Å². The van der Waals surface area contributed by atoms with Crippen LogP contribution >= 0.6 is 11.8 Å². The fourth-order valence-electron chi connectivity index (χ4n) is 2.72. The molecule has 0 atom stereocenters. The second-order valence-corrected chi connectivity index (χ2v) is 7.06. The average Bonchev–Trinajstić information content (AvgIpc) is 3.14. The highest BCUT2D eigenvalue weighted by molar-refractivity contribution is 7.99. The number of furan rings is 1. The summed E-state index contributed by atoms with van der Waals surface area (Å²) in [6.45, 7) is 0. The van der Waals surface area contributed by atoms with Crippen LogP contribution in [0.3, 0.4) is 0 Å². The Bertz CT molecular complexity index is 1140. The number of hydrogen-bond acceptors (Lipinski definition) is 5. The molecular weight excluding hydrogens is 395 g/mol. The van der Waals surface area contributed by atoms with Crippen LogP contribution in [-0.4, -0.2) is 17.8 Å². The largest absolute Gasteiger partial charge is 0.450 e. The lowest BCUT2D eigenvalue weighted by molar-refractivity contribution is -0.122. The molecule has 1 fully saturated rings. The molecule has 4 rings (SSSR count). The van der Waals surface area contributed by atoms with Gasteiger partial charge in [0, 0.05) is 4.90 Å². The van der Waals surface area contributed by atoms with Gasteiger partial charge in [-0.25, -0.2) is 14.1 Å². The molecule has 4 amide bonds. The maximum Gasteiger partial charge on any atom is 0.336 e. The Kier molecular flexibility index (Phi) is 5.01. The summed E-state index contributed by atoms with van der Waals surface area (Å²) in [5.74, 6) is -2.31. The van der Waals surface area contributed by atoms with E-state index in [1.807, 2.05) is 35.6 Å². The number of halogens is 1. The first-order valence-electron chi connectivity index (χ1n) is 8.51. The molecule has 29 heavy (non-hydrogen) atoms. The molecule has 2 aromatic carbocycles. The van der Waals surface area contributed by atoms with Crippen LogP contribution in [0.4, 0.5) is 14.9 Å². The minimum Gasteiger partial charge on any atom is -0.450 e. The lowest BCUT2D eigenvalue weighted by Gasteiger charge is -2.26. The smallest absolute Gasteiger partial charge is 0.336 e. The van der Waals surface area contributed by atoms with E-state index < -0.39 is 23.7 Å². The highest BCUT2D eigenvalue weighted by atomic mass is 32.2. The normalized spacial score (nSPS) is 15.7. The third kappa shape index (κ3) is 3.83. The molecule has 0 saturated carbocycles. The molecule has 1 aliphatic heterocycles. The van der Waals surface area contributed by atoms with Crippen LogP contribution in [0.25, 0.3) is 6.08 Å². The molecule has 2 heterocycles. The van der Waals surface area contributed by atoms with Gasteiger partial charge >= 0.3 is 6.03 Å². The van der Waals surface area contributed by atoms with Crippen molar-refractivity contribution in [1.29, 1.82) is 0 Å². The fourth-order valence-corrected chi connectivity index (χ4v) is 3.52. The van der Waals surface area contributed by atoms with E-state index in [4.69, 9.17) is 4.42 Å². The standard InChI is InChI=1S/C21H13FN2O4S/c22-16-8-4-5-9-17(16)24-20(26)15(19(25)23-21(24)27)12-13-10-11-18(28-13)29-14-6-2-1-3-7-14/h1-12H,(H,23,25,27). The topological polar surface area (TPSA) is 79.6 Å². The van der Waals surface area contributed by atoms with E-state index in [1.165, 1.54) is 36.0 Å². The zero-order chi connectivity index (χ0) is 20.4. The summed E-state index contributed by atoms with van der Waals surface area (Å²) in [6, 6.07) is 17.1. The third-order valence-electron chi connectivity index (χ3n) is 4.05. The van der Waals surface area contributed by atoms with E-state index in [1.54, 1.807) is 12.1 Å². The summed E-state index contributed by atoms with van der Waals surface area (Å²) in [5.41, 5.74) is -0.577. The molecule has 0 radical (unpaired) electrons. The Morgan fingerprint density at radius 3 is 2.41 bits per heavy atom. The van der Waals surface area contributed by atoms with E-state index >= 15 is 0 Å². The molecule has 0 spiro atoms. The Labute approximate surface area is 169 Å². The Balaban J connectivity index is 1.63. The number of nitrogens with zero attached hydrogens (tertiary/aromatic N) is 1. The van der Waals surface area contributed by atoms with Crippen molar-refractivity contribution in [2.24, 2.45) is 0 Å². The van der Waals surface area contributed by atoms with Crippen molar-refractivity contribution < 1.29 is 23.2 Å². The first-order chi connectivity index (χ1) is 14.0. The van der Waals surface area contributed by atoms with Gasteiger partial charge in [0.2, 0.25) is 0 Å². The second-order valence-electron chi connectivity index (χ2n) is 5.98. The minimum atomic E-state index is -1.01. The Morgan fingerprint density at radius 1 is 0.931 bits per heavy atom. The number of nitrogens with one attached hydrogen (secondary N) is 1. The summed E-state index contributed by atoms with van der Waals surface area (Å²) >= 11 is 1.38. The number of anilines is 1. The van der Waals surface area contributed by atoms with Gasteiger partial charge in [-0.05, 0) is 42.5 Å². The van der Waals surface area contributed by atoms with E-state index in [9.17, 15) is 18.8 Å². The Hall–Kier alpha value is -3.65. The zero-order valence-corrected chi connectivity index (χ0v) is 15.6. The molecule has 1 aromatic heterocycles. The number of hydrogen-bond donors (Lipinski definition) is 1. The third-order valence-corrected chi connectivity index (χ3v) is 4.97. The summed E-state index contributed by atoms with van der Waals surface area (Å²) in [4.78, 5) is 38.6. The molecule has 1 aliphatic rings. The van der Waals surface area contributed by atoms with Crippen LogP contribution in [0.5, 0.6) is 0 Å². The first kappa shape index (κ1) is 18.7. The molecule has 1 saturated heterocycles. The maximum absolute atomic E-state index is 14.1. The number of carbonyl (C=O) groups is 3. The van der Waals surface area contributed by atoms with Gasteiger partial charge in [0.1, 0.15) is 17.2 Å². The second kappa shape index (κ2) is 7.76. The predicted molar refractivity (Wildman–Crippen MR) is 105 cm³/mol. The van der Waals surface area contributed by atoms with Crippen LogP contribution in [0.2, 0.25) is 0 Å². The van der Waals surface area contributed by atoms with Gasteiger partial charge in [0.15, 0.2) is 5.09 Å². The number of benzene rings is 2. The van der Waals surface area contributed by atoms with E-state index in [0.717, 1.165) is 11.0 Å². The van der Waals surface area contributed by atoms with Gasteiger partial charge in [-0.1, -0.05) is 42.1 Å². The molecule has 0 bridgehead atoms. The van der Waals surface area contributed by atoms with Gasteiger partial charge in [-0.15, -0.1) is 0 Å². The number of imide groups is 2. The van der Waals surface area contributed by atoms with Gasteiger partial charge < -0.3 is 4.42 Å². The lowest BCUT2D eigenvalue weighted by Crippen LogP contribution is -2.54. The quantitative estimate of drug-likeness (QED) is 0.516.